The third kappa shape index (κ3) is 1.65. The Hall–Kier alpha value is -1.90. The first kappa shape index (κ1) is 12.2. The van der Waals surface area contributed by atoms with E-state index in [4.69, 9.17) is 4.74 Å². The molecule has 0 fully saturated rings. The zero-order valence-electron chi connectivity index (χ0n) is 10.8. The number of hydrogen-bond donors (Lipinski definition) is 0. The standard InChI is InChI=1S/C16H14F2O/c1-3-10-4-7-14-13(8-10)12-6-5-11(19-2)9-15(12)16(14,17)18/h4-9H,3H2,1-2H3. The fourth-order valence-electron chi connectivity index (χ4n) is 2.60. The van der Waals surface area contributed by atoms with E-state index in [1.807, 2.05) is 13.0 Å². The lowest BCUT2D eigenvalue weighted by Gasteiger charge is -2.12. The van der Waals surface area contributed by atoms with E-state index in [0.717, 1.165) is 12.0 Å². The molecule has 0 amide bonds. The summed E-state index contributed by atoms with van der Waals surface area (Å²) in [5, 5.41) is 0. The van der Waals surface area contributed by atoms with Gasteiger partial charge in [-0.1, -0.05) is 31.2 Å². The van der Waals surface area contributed by atoms with Crippen molar-refractivity contribution in [2.45, 2.75) is 19.3 Å². The van der Waals surface area contributed by atoms with Crippen molar-refractivity contribution in [3.63, 3.8) is 0 Å². The van der Waals surface area contributed by atoms with E-state index in [2.05, 4.69) is 0 Å². The predicted molar refractivity (Wildman–Crippen MR) is 70.8 cm³/mol. The van der Waals surface area contributed by atoms with E-state index in [1.54, 1.807) is 24.3 Å². The fraction of sp³-hybridized carbons (Fsp3) is 0.250. The van der Waals surface area contributed by atoms with Gasteiger partial charge in [0.2, 0.25) is 0 Å². The third-order valence-corrected chi connectivity index (χ3v) is 3.69. The average molecular weight is 260 g/mol. The maximum atomic E-state index is 14.4. The second-order valence-electron chi connectivity index (χ2n) is 4.72. The molecule has 98 valence electrons. The Morgan fingerprint density at radius 1 is 1.00 bits per heavy atom. The average Bonchev–Trinajstić information content (AvgIpc) is 2.66. The smallest absolute Gasteiger partial charge is 0.299 e. The third-order valence-electron chi connectivity index (χ3n) is 3.69. The molecule has 3 heteroatoms. The topological polar surface area (TPSA) is 9.23 Å². The van der Waals surface area contributed by atoms with Crippen molar-refractivity contribution in [1.29, 1.82) is 0 Å². The number of ether oxygens (including phenoxy) is 1. The van der Waals surface area contributed by atoms with Crippen LogP contribution in [0.2, 0.25) is 0 Å². The molecule has 0 heterocycles. The molecule has 0 bridgehead atoms. The lowest BCUT2D eigenvalue weighted by atomic mass is 10.0. The van der Waals surface area contributed by atoms with Crippen LogP contribution in [0.1, 0.15) is 23.6 Å². The van der Waals surface area contributed by atoms with Crippen molar-refractivity contribution in [3.05, 3.63) is 53.1 Å². The van der Waals surface area contributed by atoms with Gasteiger partial charge in [-0.25, -0.2) is 0 Å². The highest BCUT2D eigenvalue weighted by molar-refractivity contribution is 5.80. The van der Waals surface area contributed by atoms with Crippen molar-refractivity contribution in [3.8, 4) is 16.9 Å². The molecule has 1 aliphatic carbocycles. The summed E-state index contributed by atoms with van der Waals surface area (Å²) in [5.74, 6) is -2.48. The zero-order valence-corrected chi connectivity index (χ0v) is 10.8. The Morgan fingerprint density at radius 3 is 2.47 bits per heavy atom. The van der Waals surface area contributed by atoms with Crippen LogP contribution in [0.4, 0.5) is 8.78 Å². The van der Waals surface area contributed by atoms with Gasteiger partial charge in [-0.2, -0.15) is 8.78 Å². The molecule has 0 spiro atoms. The Morgan fingerprint density at radius 2 is 1.79 bits per heavy atom. The minimum Gasteiger partial charge on any atom is -0.497 e. The fourth-order valence-corrected chi connectivity index (χ4v) is 2.60. The molecule has 0 radical (unpaired) electrons. The summed E-state index contributed by atoms with van der Waals surface area (Å²) in [6.07, 6.45) is 0.838. The molecule has 1 aliphatic rings. The summed E-state index contributed by atoms with van der Waals surface area (Å²) in [6, 6.07) is 10.1. The van der Waals surface area contributed by atoms with Crippen molar-refractivity contribution in [2.75, 3.05) is 7.11 Å². The second-order valence-corrected chi connectivity index (χ2v) is 4.72. The van der Waals surface area contributed by atoms with Crippen LogP contribution >= 0.6 is 0 Å². The first-order chi connectivity index (χ1) is 9.07. The summed E-state index contributed by atoms with van der Waals surface area (Å²) in [7, 11) is 1.48. The Bertz CT molecular complexity index is 647. The summed E-state index contributed by atoms with van der Waals surface area (Å²) in [5.41, 5.74) is 2.44. The monoisotopic (exact) mass is 260 g/mol. The molecule has 0 unspecified atom stereocenters. The van der Waals surface area contributed by atoms with Crippen molar-refractivity contribution in [2.24, 2.45) is 0 Å². The van der Waals surface area contributed by atoms with Crippen LogP contribution in [0.15, 0.2) is 36.4 Å². The van der Waals surface area contributed by atoms with Gasteiger partial charge in [0, 0.05) is 11.1 Å². The number of fused-ring (bicyclic) bond motifs is 3. The molecule has 19 heavy (non-hydrogen) atoms. The van der Waals surface area contributed by atoms with E-state index in [0.29, 0.717) is 16.9 Å². The number of aryl methyl sites for hydroxylation is 1. The highest BCUT2D eigenvalue weighted by atomic mass is 19.3. The van der Waals surface area contributed by atoms with Gasteiger partial charge in [0.1, 0.15) is 5.75 Å². The van der Waals surface area contributed by atoms with Gasteiger partial charge >= 0.3 is 0 Å². The Balaban J connectivity index is 2.27. The minimum atomic E-state index is -2.94. The van der Waals surface area contributed by atoms with Gasteiger partial charge in [0.05, 0.1) is 7.11 Å². The number of halogens is 2. The first-order valence-corrected chi connectivity index (χ1v) is 6.28. The zero-order chi connectivity index (χ0) is 13.6. The van der Waals surface area contributed by atoms with Gasteiger partial charge in [-0.05, 0) is 35.2 Å². The summed E-state index contributed by atoms with van der Waals surface area (Å²) < 4.78 is 33.9. The molecular formula is C16H14F2O. The maximum absolute atomic E-state index is 14.4. The summed E-state index contributed by atoms with van der Waals surface area (Å²) in [6.45, 7) is 2.02. The molecule has 0 saturated carbocycles. The Kier molecular flexibility index (Phi) is 2.59. The highest BCUT2D eigenvalue weighted by Crippen LogP contribution is 2.51. The Labute approximate surface area is 110 Å². The highest BCUT2D eigenvalue weighted by Gasteiger charge is 2.44. The van der Waals surface area contributed by atoms with Crippen molar-refractivity contribution < 1.29 is 13.5 Å². The van der Waals surface area contributed by atoms with E-state index >= 15 is 0 Å². The molecular weight excluding hydrogens is 246 g/mol. The number of benzene rings is 2. The number of alkyl halides is 2. The molecule has 2 aromatic carbocycles. The molecule has 0 saturated heterocycles. The van der Waals surface area contributed by atoms with Gasteiger partial charge in [0.25, 0.3) is 5.92 Å². The van der Waals surface area contributed by atoms with Gasteiger partial charge in [0.15, 0.2) is 0 Å². The van der Waals surface area contributed by atoms with E-state index in [1.165, 1.54) is 13.2 Å². The second kappa shape index (κ2) is 4.05. The molecule has 0 N–H and O–H groups in total. The van der Waals surface area contributed by atoms with Crippen LogP contribution in [0.5, 0.6) is 5.75 Å². The SMILES string of the molecule is CCc1ccc2c(c1)-c1ccc(OC)cc1C2(F)F. The molecule has 3 rings (SSSR count). The van der Waals surface area contributed by atoms with Crippen LogP contribution in [-0.4, -0.2) is 7.11 Å². The number of methoxy groups -OCH3 is 1. The van der Waals surface area contributed by atoms with Crippen LogP contribution in [0.3, 0.4) is 0 Å². The van der Waals surface area contributed by atoms with Crippen LogP contribution in [0.25, 0.3) is 11.1 Å². The molecule has 0 aromatic heterocycles. The van der Waals surface area contributed by atoms with Gasteiger partial charge in [-0.15, -0.1) is 0 Å². The van der Waals surface area contributed by atoms with E-state index in [9.17, 15) is 8.78 Å². The molecule has 0 aliphatic heterocycles. The van der Waals surface area contributed by atoms with Crippen LogP contribution in [0, 0.1) is 0 Å². The molecule has 2 aromatic rings. The normalized spacial score (nSPS) is 14.9. The number of rotatable bonds is 2. The van der Waals surface area contributed by atoms with E-state index < -0.39 is 5.92 Å². The van der Waals surface area contributed by atoms with Crippen LogP contribution < -0.4 is 4.74 Å². The van der Waals surface area contributed by atoms with Gasteiger partial charge < -0.3 is 4.74 Å². The predicted octanol–water partition coefficient (Wildman–Crippen LogP) is 4.38. The maximum Gasteiger partial charge on any atom is 0.299 e. The van der Waals surface area contributed by atoms with Crippen molar-refractivity contribution >= 4 is 0 Å². The molecule has 0 atom stereocenters. The quantitative estimate of drug-likeness (QED) is 0.778. The number of hydrogen-bond acceptors (Lipinski definition) is 1. The van der Waals surface area contributed by atoms with Gasteiger partial charge in [-0.3, -0.25) is 0 Å². The first-order valence-electron chi connectivity index (χ1n) is 6.28. The lowest BCUT2D eigenvalue weighted by molar-refractivity contribution is 0.0478. The van der Waals surface area contributed by atoms with E-state index in [-0.39, 0.29) is 11.1 Å². The minimum absolute atomic E-state index is 0.0371. The largest absolute Gasteiger partial charge is 0.497 e. The van der Waals surface area contributed by atoms with Crippen LogP contribution in [-0.2, 0) is 12.3 Å². The molecule has 1 nitrogen and oxygen atoms in total. The van der Waals surface area contributed by atoms with Crippen molar-refractivity contribution in [1.82, 2.24) is 0 Å². The summed E-state index contributed by atoms with van der Waals surface area (Å²) >= 11 is 0. The lowest BCUT2D eigenvalue weighted by Crippen LogP contribution is -2.11. The summed E-state index contributed by atoms with van der Waals surface area (Å²) in [4.78, 5) is 0.